The Bertz CT molecular complexity index is 424. The minimum absolute atomic E-state index is 0.525. The molecule has 5 nitrogen and oxygen atoms in total. The minimum atomic E-state index is -1.05. The summed E-state index contributed by atoms with van der Waals surface area (Å²) in [5.41, 5.74) is 0.0629. The molecule has 2 amide bonds. The summed E-state index contributed by atoms with van der Waals surface area (Å²) in [6.45, 7) is 5.28. The number of carboxylic acids is 1. The third kappa shape index (κ3) is 4.08. The molecule has 0 aliphatic heterocycles. The summed E-state index contributed by atoms with van der Waals surface area (Å²) in [6.07, 6.45) is 0. The average Bonchev–Trinajstić information content (AvgIpc) is 2.25. The normalized spacial score (nSPS) is 12.6. The third-order valence-corrected chi connectivity index (χ3v) is 2.42. The number of amides is 2. The quantitative estimate of drug-likeness (QED) is 0.770. The van der Waals surface area contributed by atoms with Crippen molar-refractivity contribution in [3.63, 3.8) is 0 Å². The number of benzene rings is 1. The number of aliphatic carboxylic acids is 1. The van der Waals surface area contributed by atoms with Crippen LogP contribution in [0.4, 0.5) is 10.5 Å². The van der Waals surface area contributed by atoms with Crippen LogP contribution in [-0.2, 0) is 4.79 Å². The highest BCUT2D eigenvalue weighted by molar-refractivity contribution is 5.92. The number of rotatable bonds is 3. The van der Waals surface area contributed by atoms with Gasteiger partial charge in [0.1, 0.15) is 6.04 Å². The van der Waals surface area contributed by atoms with Crippen molar-refractivity contribution < 1.29 is 14.7 Å². The van der Waals surface area contributed by atoms with Crippen LogP contribution in [0.15, 0.2) is 30.3 Å². The lowest BCUT2D eigenvalue weighted by atomic mass is 9.87. The molecule has 1 aromatic rings. The number of urea groups is 1. The van der Waals surface area contributed by atoms with Crippen LogP contribution >= 0.6 is 0 Å². The van der Waals surface area contributed by atoms with Gasteiger partial charge in [-0.2, -0.15) is 0 Å². The SMILES string of the molecule is CC(C)(C)[C@H](NC(=O)Nc1ccccc1)C(=O)O. The number of carbonyl (C=O) groups excluding carboxylic acids is 1. The monoisotopic (exact) mass is 250 g/mol. The van der Waals surface area contributed by atoms with Gasteiger partial charge in [0.05, 0.1) is 0 Å². The zero-order valence-electron chi connectivity index (χ0n) is 10.7. The Morgan fingerprint density at radius 2 is 1.72 bits per heavy atom. The Kier molecular flexibility index (Phi) is 4.31. The predicted molar refractivity (Wildman–Crippen MR) is 69.5 cm³/mol. The summed E-state index contributed by atoms with van der Waals surface area (Å²) in [7, 11) is 0. The highest BCUT2D eigenvalue weighted by Gasteiger charge is 2.32. The molecule has 0 saturated carbocycles. The number of anilines is 1. The number of hydrogen-bond acceptors (Lipinski definition) is 2. The molecule has 1 rings (SSSR count). The Morgan fingerprint density at radius 1 is 1.17 bits per heavy atom. The number of carboxylic acid groups (broad SMARTS) is 1. The molecule has 98 valence electrons. The molecule has 0 saturated heterocycles. The van der Waals surface area contributed by atoms with Crippen molar-refractivity contribution in [1.82, 2.24) is 5.32 Å². The van der Waals surface area contributed by atoms with Gasteiger partial charge in [-0.05, 0) is 17.5 Å². The van der Waals surface area contributed by atoms with E-state index in [-0.39, 0.29) is 0 Å². The van der Waals surface area contributed by atoms with Crippen molar-refractivity contribution in [3.05, 3.63) is 30.3 Å². The molecular weight excluding hydrogens is 232 g/mol. The van der Waals surface area contributed by atoms with Crippen molar-refractivity contribution >= 4 is 17.7 Å². The third-order valence-electron chi connectivity index (χ3n) is 2.42. The molecule has 0 aliphatic carbocycles. The van der Waals surface area contributed by atoms with E-state index in [1.54, 1.807) is 45.0 Å². The van der Waals surface area contributed by atoms with Gasteiger partial charge in [-0.3, -0.25) is 0 Å². The van der Waals surface area contributed by atoms with Crippen LogP contribution < -0.4 is 10.6 Å². The Balaban J connectivity index is 2.66. The fourth-order valence-electron chi connectivity index (χ4n) is 1.47. The number of nitrogens with one attached hydrogen (secondary N) is 2. The molecule has 1 atom stereocenters. The van der Waals surface area contributed by atoms with Gasteiger partial charge in [0.2, 0.25) is 0 Å². The van der Waals surface area contributed by atoms with Crippen molar-refractivity contribution in [1.29, 1.82) is 0 Å². The second-order valence-electron chi connectivity index (χ2n) is 5.10. The van der Waals surface area contributed by atoms with E-state index < -0.39 is 23.5 Å². The number of hydrogen-bond donors (Lipinski definition) is 3. The van der Waals surface area contributed by atoms with Crippen LogP contribution in [0, 0.1) is 5.41 Å². The second-order valence-corrected chi connectivity index (χ2v) is 5.10. The first-order valence-corrected chi connectivity index (χ1v) is 5.66. The van der Waals surface area contributed by atoms with Gasteiger partial charge < -0.3 is 15.7 Å². The topological polar surface area (TPSA) is 78.4 Å². The number of carbonyl (C=O) groups is 2. The molecule has 0 spiro atoms. The van der Waals surface area contributed by atoms with Gasteiger partial charge in [0, 0.05) is 5.69 Å². The van der Waals surface area contributed by atoms with E-state index in [2.05, 4.69) is 10.6 Å². The number of para-hydroxylation sites is 1. The van der Waals surface area contributed by atoms with E-state index in [1.165, 1.54) is 0 Å². The minimum Gasteiger partial charge on any atom is -0.480 e. The zero-order chi connectivity index (χ0) is 13.8. The van der Waals surface area contributed by atoms with Crippen LogP contribution in [-0.4, -0.2) is 23.1 Å². The van der Waals surface area contributed by atoms with Gasteiger partial charge in [0.25, 0.3) is 0 Å². The van der Waals surface area contributed by atoms with Gasteiger partial charge >= 0.3 is 12.0 Å². The van der Waals surface area contributed by atoms with Crippen molar-refractivity contribution in [2.75, 3.05) is 5.32 Å². The molecule has 0 aliphatic rings. The lowest BCUT2D eigenvalue weighted by molar-refractivity contribution is -0.141. The first kappa shape index (κ1) is 14.0. The van der Waals surface area contributed by atoms with Crippen LogP contribution in [0.3, 0.4) is 0 Å². The molecule has 0 heterocycles. The van der Waals surface area contributed by atoms with Crippen LogP contribution in [0.1, 0.15) is 20.8 Å². The molecule has 1 aromatic carbocycles. The molecule has 0 unspecified atom stereocenters. The van der Waals surface area contributed by atoms with E-state index in [4.69, 9.17) is 5.11 Å². The fraction of sp³-hybridized carbons (Fsp3) is 0.385. The molecule has 0 aromatic heterocycles. The van der Waals surface area contributed by atoms with Crippen molar-refractivity contribution in [2.45, 2.75) is 26.8 Å². The average molecular weight is 250 g/mol. The summed E-state index contributed by atoms with van der Waals surface area (Å²) >= 11 is 0. The summed E-state index contributed by atoms with van der Waals surface area (Å²) in [5, 5.41) is 14.1. The smallest absolute Gasteiger partial charge is 0.326 e. The Labute approximate surface area is 106 Å². The lowest BCUT2D eigenvalue weighted by Gasteiger charge is -2.27. The molecule has 5 heteroatoms. The maximum Gasteiger partial charge on any atom is 0.326 e. The molecule has 0 bridgehead atoms. The van der Waals surface area contributed by atoms with Crippen LogP contribution in [0.2, 0.25) is 0 Å². The first-order valence-electron chi connectivity index (χ1n) is 5.66. The summed E-state index contributed by atoms with van der Waals surface area (Å²) in [5.74, 6) is -1.05. The van der Waals surface area contributed by atoms with Gasteiger partial charge in [-0.25, -0.2) is 9.59 Å². The van der Waals surface area contributed by atoms with E-state index in [0.717, 1.165) is 0 Å². The zero-order valence-corrected chi connectivity index (χ0v) is 10.7. The maximum absolute atomic E-state index is 11.7. The van der Waals surface area contributed by atoms with Gasteiger partial charge in [0.15, 0.2) is 0 Å². The van der Waals surface area contributed by atoms with Crippen molar-refractivity contribution in [3.8, 4) is 0 Å². The molecule has 0 fully saturated rings. The standard InChI is InChI=1S/C13H18N2O3/c1-13(2,3)10(11(16)17)15-12(18)14-9-7-5-4-6-8-9/h4-8,10H,1-3H3,(H,16,17)(H2,14,15,18)/t10-/m1/s1. The maximum atomic E-state index is 11.7. The lowest BCUT2D eigenvalue weighted by Crippen LogP contribution is -2.50. The highest BCUT2D eigenvalue weighted by Crippen LogP contribution is 2.19. The summed E-state index contributed by atoms with van der Waals surface area (Å²) in [6, 6.07) is 7.39. The van der Waals surface area contributed by atoms with E-state index >= 15 is 0 Å². The van der Waals surface area contributed by atoms with E-state index in [9.17, 15) is 9.59 Å². The highest BCUT2D eigenvalue weighted by atomic mass is 16.4. The molecule has 0 radical (unpaired) electrons. The summed E-state index contributed by atoms with van der Waals surface area (Å²) in [4.78, 5) is 22.8. The van der Waals surface area contributed by atoms with Crippen LogP contribution in [0.25, 0.3) is 0 Å². The summed E-state index contributed by atoms with van der Waals surface area (Å²) < 4.78 is 0. The second kappa shape index (κ2) is 5.53. The van der Waals surface area contributed by atoms with E-state index in [0.29, 0.717) is 5.69 Å². The first-order chi connectivity index (χ1) is 8.30. The van der Waals surface area contributed by atoms with Crippen molar-refractivity contribution in [2.24, 2.45) is 5.41 Å². The molecular formula is C13H18N2O3. The Hall–Kier alpha value is -2.04. The van der Waals surface area contributed by atoms with Gasteiger partial charge in [-0.15, -0.1) is 0 Å². The Morgan fingerprint density at radius 3 is 2.17 bits per heavy atom. The van der Waals surface area contributed by atoms with Gasteiger partial charge in [-0.1, -0.05) is 39.0 Å². The largest absolute Gasteiger partial charge is 0.480 e. The van der Waals surface area contributed by atoms with Crippen LogP contribution in [0.5, 0.6) is 0 Å². The predicted octanol–water partition coefficient (Wildman–Crippen LogP) is 2.31. The fourth-order valence-corrected chi connectivity index (χ4v) is 1.47. The molecule has 18 heavy (non-hydrogen) atoms. The molecule has 3 N–H and O–H groups in total. The van der Waals surface area contributed by atoms with E-state index in [1.807, 2.05) is 6.07 Å².